The van der Waals surface area contributed by atoms with Gasteiger partial charge in [-0.1, -0.05) is 12.1 Å². The van der Waals surface area contributed by atoms with E-state index in [1.54, 1.807) is 12.1 Å². The molecule has 112 valence electrons. The normalized spacial score (nSPS) is 10.5. The van der Waals surface area contributed by atoms with Crippen LogP contribution in [0.4, 0.5) is 4.39 Å². The van der Waals surface area contributed by atoms with Gasteiger partial charge in [0.25, 0.3) is 0 Å². The summed E-state index contributed by atoms with van der Waals surface area (Å²) in [6.45, 7) is 3.24. The molecule has 0 unspecified atom stereocenters. The minimum Gasteiger partial charge on any atom is -0.490 e. The Morgan fingerprint density at radius 2 is 1.81 bits per heavy atom. The molecule has 0 aromatic heterocycles. The fourth-order valence-electron chi connectivity index (χ4n) is 1.86. The molecule has 0 aliphatic rings. The van der Waals surface area contributed by atoms with Crippen molar-refractivity contribution < 1.29 is 13.9 Å². The van der Waals surface area contributed by atoms with E-state index >= 15 is 0 Å². The fraction of sp³-hybridized carbons (Fsp3) is 0.250. The molecule has 2 aromatic rings. The summed E-state index contributed by atoms with van der Waals surface area (Å²) in [6, 6.07) is 10.4. The van der Waals surface area contributed by atoms with Gasteiger partial charge in [-0.2, -0.15) is 0 Å². The van der Waals surface area contributed by atoms with Crippen molar-refractivity contribution in [2.45, 2.75) is 20.1 Å². The molecule has 2 aromatic carbocycles. The van der Waals surface area contributed by atoms with E-state index in [9.17, 15) is 4.39 Å². The van der Waals surface area contributed by atoms with Crippen LogP contribution in [0.3, 0.4) is 0 Å². The van der Waals surface area contributed by atoms with E-state index in [4.69, 9.17) is 15.2 Å². The summed E-state index contributed by atoms with van der Waals surface area (Å²) in [4.78, 5) is 0. The maximum absolute atomic E-state index is 13.2. The summed E-state index contributed by atoms with van der Waals surface area (Å²) < 4.78 is 24.9. The zero-order chi connectivity index (χ0) is 15.2. The molecule has 0 radical (unpaired) electrons. The lowest BCUT2D eigenvalue weighted by molar-refractivity contribution is 0.269. The lowest BCUT2D eigenvalue weighted by Gasteiger charge is -2.13. The van der Waals surface area contributed by atoms with Crippen LogP contribution in [0.1, 0.15) is 18.1 Å². The number of benzene rings is 2. The van der Waals surface area contributed by atoms with Gasteiger partial charge in [0.2, 0.25) is 0 Å². The molecule has 0 aliphatic carbocycles. The number of hydrogen-bond acceptors (Lipinski definition) is 3. The van der Waals surface area contributed by atoms with Gasteiger partial charge in [0, 0.05) is 6.54 Å². The highest BCUT2D eigenvalue weighted by Crippen LogP contribution is 2.29. The second-order valence-electron chi connectivity index (χ2n) is 4.46. The first-order valence-corrected chi connectivity index (χ1v) is 7.46. The van der Waals surface area contributed by atoms with Crippen LogP contribution in [-0.4, -0.2) is 6.61 Å². The van der Waals surface area contributed by atoms with Gasteiger partial charge < -0.3 is 15.2 Å². The number of hydrogen-bond donors (Lipinski definition) is 1. The smallest absolute Gasteiger partial charge is 0.161 e. The monoisotopic (exact) mass is 353 g/mol. The third-order valence-electron chi connectivity index (χ3n) is 2.92. The van der Waals surface area contributed by atoms with Gasteiger partial charge in [-0.25, -0.2) is 4.39 Å². The first-order valence-electron chi connectivity index (χ1n) is 6.66. The first kappa shape index (κ1) is 15.8. The summed E-state index contributed by atoms with van der Waals surface area (Å²) in [6.07, 6.45) is 0. The quantitative estimate of drug-likeness (QED) is 0.852. The molecule has 0 heterocycles. The van der Waals surface area contributed by atoms with Crippen molar-refractivity contribution in [3.8, 4) is 11.5 Å². The van der Waals surface area contributed by atoms with Crippen LogP contribution in [-0.2, 0) is 13.2 Å². The van der Waals surface area contributed by atoms with Gasteiger partial charge in [0.1, 0.15) is 12.4 Å². The fourth-order valence-corrected chi connectivity index (χ4v) is 2.28. The minimum absolute atomic E-state index is 0.291. The summed E-state index contributed by atoms with van der Waals surface area (Å²) >= 11 is 3.16. The van der Waals surface area contributed by atoms with Gasteiger partial charge in [0.15, 0.2) is 11.5 Å². The Hall–Kier alpha value is -1.59. The molecule has 0 spiro atoms. The Morgan fingerprint density at radius 1 is 1.05 bits per heavy atom. The van der Waals surface area contributed by atoms with Crippen molar-refractivity contribution in [1.82, 2.24) is 0 Å². The van der Waals surface area contributed by atoms with Gasteiger partial charge in [-0.05, 0) is 58.2 Å². The van der Waals surface area contributed by atoms with E-state index < -0.39 is 0 Å². The predicted octanol–water partition coefficient (Wildman–Crippen LogP) is 4.02. The third kappa shape index (κ3) is 4.19. The van der Waals surface area contributed by atoms with E-state index in [-0.39, 0.29) is 5.82 Å². The van der Waals surface area contributed by atoms with E-state index in [0.29, 0.717) is 35.7 Å². The molecule has 0 amide bonds. The maximum Gasteiger partial charge on any atom is 0.161 e. The average molecular weight is 354 g/mol. The number of nitrogens with two attached hydrogens (primary N) is 1. The second kappa shape index (κ2) is 7.43. The molecule has 2 rings (SSSR count). The Kier molecular flexibility index (Phi) is 5.59. The summed E-state index contributed by atoms with van der Waals surface area (Å²) in [7, 11) is 0. The van der Waals surface area contributed by atoms with Gasteiger partial charge in [0.05, 0.1) is 11.1 Å². The minimum atomic E-state index is -0.291. The Morgan fingerprint density at radius 3 is 2.48 bits per heavy atom. The molecule has 0 aliphatic heterocycles. The van der Waals surface area contributed by atoms with Crippen LogP contribution >= 0.6 is 15.9 Å². The molecule has 2 N–H and O–H groups in total. The van der Waals surface area contributed by atoms with E-state index in [2.05, 4.69) is 15.9 Å². The maximum atomic E-state index is 13.2. The molecule has 5 heteroatoms. The lowest BCUT2D eigenvalue weighted by atomic mass is 10.2. The van der Waals surface area contributed by atoms with Crippen molar-refractivity contribution in [3.63, 3.8) is 0 Å². The average Bonchev–Trinajstić information content (AvgIpc) is 2.49. The van der Waals surface area contributed by atoms with Crippen molar-refractivity contribution >= 4 is 15.9 Å². The van der Waals surface area contributed by atoms with Gasteiger partial charge in [-0.3, -0.25) is 0 Å². The van der Waals surface area contributed by atoms with Crippen molar-refractivity contribution in [1.29, 1.82) is 0 Å². The van der Waals surface area contributed by atoms with Crippen LogP contribution in [0.25, 0.3) is 0 Å². The second-order valence-corrected chi connectivity index (χ2v) is 5.31. The van der Waals surface area contributed by atoms with E-state index in [0.717, 1.165) is 11.1 Å². The van der Waals surface area contributed by atoms with Crippen LogP contribution in [0.2, 0.25) is 0 Å². The largest absolute Gasteiger partial charge is 0.490 e. The third-order valence-corrected chi connectivity index (χ3v) is 3.53. The molecule has 0 fully saturated rings. The molecule has 0 bridgehead atoms. The van der Waals surface area contributed by atoms with Crippen molar-refractivity contribution in [2.75, 3.05) is 6.61 Å². The van der Waals surface area contributed by atoms with Crippen molar-refractivity contribution in [2.24, 2.45) is 5.73 Å². The highest BCUT2D eigenvalue weighted by molar-refractivity contribution is 9.10. The summed E-state index contributed by atoms with van der Waals surface area (Å²) in [5.74, 6) is 1.03. The Labute approximate surface area is 132 Å². The molecule has 0 saturated carbocycles. The number of ether oxygens (including phenoxy) is 2. The highest BCUT2D eigenvalue weighted by atomic mass is 79.9. The van der Waals surface area contributed by atoms with Gasteiger partial charge in [-0.15, -0.1) is 0 Å². The van der Waals surface area contributed by atoms with E-state index in [1.807, 2.05) is 25.1 Å². The van der Waals surface area contributed by atoms with Crippen LogP contribution < -0.4 is 15.2 Å². The standard InChI is InChI=1S/C16H17BrFNO2/c1-2-20-16-8-11(9-19)4-6-15(16)21-10-12-3-5-14(18)13(17)7-12/h3-8H,2,9-10,19H2,1H3. The predicted molar refractivity (Wildman–Crippen MR) is 83.9 cm³/mol. The number of halogens is 2. The number of rotatable bonds is 6. The Balaban J connectivity index is 2.13. The lowest BCUT2D eigenvalue weighted by Crippen LogP contribution is -2.02. The molecular formula is C16H17BrFNO2. The first-order chi connectivity index (χ1) is 10.1. The summed E-state index contributed by atoms with van der Waals surface area (Å²) in [5.41, 5.74) is 7.47. The zero-order valence-corrected chi connectivity index (χ0v) is 13.3. The highest BCUT2D eigenvalue weighted by Gasteiger charge is 2.07. The van der Waals surface area contributed by atoms with Crippen LogP contribution in [0.15, 0.2) is 40.9 Å². The molecule has 21 heavy (non-hydrogen) atoms. The van der Waals surface area contributed by atoms with Crippen molar-refractivity contribution in [3.05, 3.63) is 57.8 Å². The van der Waals surface area contributed by atoms with Gasteiger partial charge >= 0.3 is 0 Å². The topological polar surface area (TPSA) is 44.5 Å². The summed E-state index contributed by atoms with van der Waals surface area (Å²) in [5, 5.41) is 0. The molecular weight excluding hydrogens is 337 g/mol. The Bertz CT molecular complexity index is 619. The molecule has 3 nitrogen and oxygen atoms in total. The van der Waals surface area contributed by atoms with Crippen LogP contribution in [0, 0.1) is 5.82 Å². The molecule has 0 atom stereocenters. The van der Waals surface area contributed by atoms with E-state index in [1.165, 1.54) is 6.07 Å². The molecule has 0 saturated heterocycles. The SMILES string of the molecule is CCOc1cc(CN)ccc1OCc1ccc(F)c(Br)c1. The van der Waals surface area contributed by atoms with Crippen LogP contribution in [0.5, 0.6) is 11.5 Å². The zero-order valence-electron chi connectivity index (χ0n) is 11.7.